The van der Waals surface area contributed by atoms with Gasteiger partial charge >= 0.3 is 0 Å². The van der Waals surface area contributed by atoms with Gasteiger partial charge in [-0.2, -0.15) is 11.8 Å². The minimum absolute atomic E-state index is 0.578. The standard InChI is InChI=1S/C13H23NOS/c1-3-6-14-13(11-16-8-4-2)9-12-5-7-15-10-12/h5,7,10,13-14H,3-4,6,8-9,11H2,1-2H3. The summed E-state index contributed by atoms with van der Waals surface area (Å²) >= 11 is 2.04. The number of hydrogen-bond donors (Lipinski definition) is 1. The fourth-order valence-corrected chi connectivity index (χ4v) is 2.58. The molecule has 92 valence electrons. The summed E-state index contributed by atoms with van der Waals surface area (Å²) in [5.41, 5.74) is 1.30. The Hall–Kier alpha value is -0.410. The third-order valence-electron chi connectivity index (χ3n) is 2.41. The number of nitrogens with one attached hydrogen (secondary N) is 1. The summed E-state index contributed by atoms with van der Waals surface area (Å²) in [4.78, 5) is 0. The second kappa shape index (κ2) is 8.71. The topological polar surface area (TPSA) is 25.2 Å². The van der Waals surface area contributed by atoms with Crippen LogP contribution in [0.15, 0.2) is 23.0 Å². The molecule has 0 fully saturated rings. The van der Waals surface area contributed by atoms with Gasteiger partial charge in [-0.1, -0.05) is 13.8 Å². The minimum atomic E-state index is 0.578. The lowest BCUT2D eigenvalue weighted by molar-refractivity contribution is 0.536. The number of hydrogen-bond acceptors (Lipinski definition) is 3. The van der Waals surface area contributed by atoms with Crippen LogP contribution in [0, 0.1) is 0 Å². The molecule has 0 bridgehead atoms. The Morgan fingerprint density at radius 1 is 1.38 bits per heavy atom. The van der Waals surface area contributed by atoms with Gasteiger partial charge in [0.1, 0.15) is 0 Å². The van der Waals surface area contributed by atoms with Crippen LogP contribution in [-0.4, -0.2) is 24.1 Å². The van der Waals surface area contributed by atoms with E-state index in [1.54, 1.807) is 6.26 Å². The molecule has 0 aliphatic rings. The molecule has 1 aromatic rings. The molecule has 1 heterocycles. The molecular weight excluding hydrogens is 218 g/mol. The van der Waals surface area contributed by atoms with Gasteiger partial charge in [-0.3, -0.25) is 0 Å². The average molecular weight is 241 g/mol. The zero-order chi connectivity index (χ0) is 11.6. The maximum absolute atomic E-state index is 5.11. The van der Waals surface area contributed by atoms with Crippen molar-refractivity contribution in [3.63, 3.8) is 0 Å². The van der Waals surface area contributed by atoms with E-state index in [0.29, 0.717) is 6.04 Å². The third-order valence-corrected chi connectivity index (χ3v) is 3.75. The zero-order valence-corrected chi connectivity index (χ0v) is 11.2. The van der Waals surface area contributed by atoms with Crippen molar-refractivity contribution in [2.24, 2.45) is 0 Å². The first kappa shape index (κ1) is 13.7. The lowest BCUT2D eigenvalue weighted by Gasteiger charge is -2.17. The highest BCUT2D eigenvalue weighted by atomic mass is 32.2. The van der Waals surface area contributed by atoms with E-state index in [2.05, 4.69) is 25.2 Å². The van der Waals surface area contributed by atoms with Crippen LogP contribution in [0.2, 0.25) is 0 Å². The van der Waals surface area contributed by atoms with E-state index in [9.17, 15) is 0 Å². The summed E-state index contributed by atoms with van der Waals surface area (Å²) < 4.78 is 5.11. The molecule has 2 nitrogen and oxygen atoms in total. The first-order chi connectivity index (χ1) is 7.86. The van der Waals surface area contributed by atoms with Crippen molar-refractivity contribution in [3.05, 3.63) is 24.2 Å². The molecule has 0 aliphatic heterocycles. The minimum Gasteiger partial charge on any atom is -0.472 e. The van der Waals surface area contributed by atoms with Gasteiger partial charge in [0, 0.05) is 11.8 Å². The highest BCUT2D eigenvalue weighted by molar-refractivity contribution is 7.99. The molecule has 1 N–H and O–H groups in total. The number of furan rings is 1. The fraction of sp³-hybridized carbons (Fsp3) is 0.692. The SMILES string of the molecule is CCCNC(CSCCC)Cc1ccoc1. The summed E-state index contributed by atoms with van der Waals surface area (Å²) in [6.07, 6.45) is 7.14. The molecule has 1 aromatic heterocycles. The molecule has 0 saturated heterocycles. The molecular formula is C13H23NOS. The highest BCUT2D eigenvalue weighted by Gasteiger charge is 2.09. The molecule has 0 aliphatic carbocycles. The van der Waals surface area contributed by atoms with Gasteiger partial charge in [0.05, 0.1) is 12.5 Å². The first-order valence-electron chi connectivity index (χ1n) is 6.19. The van der Waals surface area contributed by atoms with E-state index in [-0.39, 0.29) is 0 Å². The van der Waals surface area contributed by atoms with Gasteiger partial charge < -0.3 is 9.73 Å². The molecule has 3 heteroatoms. The first-order valence-corrected chi connectivity index (χ1v) is 7.34. The van der Waals surface area contributed by atoms with Crippen LogP contribution in [0.5, 0.6) is 0 Å². The Balaban J connectivity index is 2.31. The molecule has 1 rings (SSSR count). The van der Waals surface area contributed by atoms with Crippen molar-refractivity contribution in [2.45, 2.75) is 39.2 Å². The quantitative estimate of drug-likeness (QED) is 0.671. The Labute approximate surface area is 103 Å². The maximum Gasteiger partial charge on any atom is 0.0935 e. The van der Waals surface area contributed by atoms with E-state index in [4.69, 9.17) is 4.42 Å². The van der Waals surface area contributed by atoms with Gasteiger partial charge in [0.25, 0.3) is 0 Å². The Morgan fingerprint density at radius 3 is 2.88 bits per heavy atom. The monoisotopic (exact) mass is 241 g/mol. The van der Waals surface area contributed by atoms with E-state index in [1.807, 2.05) is 18.0 Å². The Bertz CT molecular complexity index is 248. The number of thioether (sulfide) groups is 1. The van der Waals surface area contributed by atoms with Gasteiger partial charge in [0.2, 0.25) is 0 Å². The summed E-state index contributed by atoms with van der Waals surface area (Å²) in [7, 11) is 0. The van der Waals surface area contributed by atoms with Crippen molar-refractivity contribution in [2.75, 3.05) is 18.1 Å². The van der Waals surface area contributed by atoms with Gasteiger partial charge in [0.15, 0.2) is 0 Å². The van der Waals surface area contributed by atoms with Crippen molar-refractivity contribution in [1.29, 1.82) is 0 Å². The molecule has 16 heavy (non-hydrogen) atoms. The summed E-state index contributed by atoms with van der Waals surface area (Å²) in [5, 5.41) is 3.60. The van der Waals surface area contributed by atoms with Crippen LogP contribution in [0.1, 0.15) is 32.3 Å². The average Bonchev–Trinajstić information content (AvgIpc) is 2.78. The van der Waals surface area contributed by atoms with Gasteiger partial charge in [-0.25, -0.2) is 0 Å². The fourth-order valence-electron chi connectivity index (χ4n) is 1.60. The van der Waals surface area contributed by atoms with E-state index < -0.39 is 0 Å². The van der Waals surface area contributed by atoms with Crippen LogP contribution < -0.4 is 5.32 Å². The van der Waals surface area contributed by atoms with E-state index in [0.717, 1.165) is 13.0 Å². The molecule has 0 saturated carbocycles. The van der Waals surface area contributed by atoms with E-state index in [1.165, 1.54) is 29.9 Å². The molecule has 0 radical (unpaired) electrons. The van der Waals surface area contributed by atoms with E-state index >= 15 is 0 Å². The largest absolute Gasteiger partial charge is 0.472 e. The zero-order valence-electron chi connectivity index (χ0n) is 10.4. The maximum atomic E-state index is 5.11. The summed E-state index contributed by atoms with van der Waals surface area (Å²) in [6, 6.07) is 2.64. The van der Waals surface area contributed by atoms with Crippen molar-refractivity contribution in [3.8, 4) is 0 Å². The number of rotatable bonds is 9. The third kappa shape index (κ3) is 5.61. The molecule has 0 spiro atoms. The predicted octanol–water partition coefficient (Wildman–Crippen LogP) is 3.33. The Kier molecular flexibility index (Phi) is 7.43. The highest BCUT2D eigenvalue weighted by Crippen LogP contribution is 2.10. The van der Waals surface area contributed by atoms with Crippen molar-refractivity contribution < 1.29 is 4.42 Å². The molecule has 1 unspecified atom stereocenters. The van der Waals surface area contributed by atoms with Crippen LogP contribution >= 0.6 is 11.8 Å². The molecule has 0 amide bonds. The normalized spacial score (nSPS) is 12.9. The van der Waals surface area contributed by atoms with Crippen molar-refractivity contribution in [1.82, 2.24) is 5.32 Å². The molecule has 1 atom stereocenters. The van der Waals surface area contributed by atoms with Crippen LogP contribution in [0.25, 0.3) is 0 Å². The molecule has 0 aromatic carbocycles. The van der Waals surface area contributed by atoms with Crippen molar-refractivity contribution >= 4 is 11.8 Å². The van der Waals surface area contributed by atoms with Crippen LogP contribution in [0.4, 0.5) is 0 Å². The van der Waals surface area contributed by atoms with Gasteiger partial charge in [-0.05, 0) is 43.2 Å². The second-order valence-corrected chi connectivity index (χ2v) is 5.21. The van der Waals surface area contributed by atoms with Crippen LogP contribution in [0.3, 0.4) is 0 Å². The van der Waals surface area contributed by atoms with Gasteiger partial charge in [-0.15, -0.1) is 0 Å². The lowest BCUT2D eigenvalue weighted by Crippen LogP contribution is -2.34. The second-order valence-electron chi connectivity index (χ2n) is 4.06. The lowest BCUT2D eigenvalue weighted by atomic mass is 10.1. The smallest absolute Gasteiger partial charge is 0.0935 e. The van der Waals surface area contributed by atoms with Crippen LogP contribution in [-0.2, 0) is 6.42 Å². The summed E-state index contributed by atoms with van der Waals surface area (Å²) in [6.45, 7) is 5.55. The summed E-state index contributed by atoms with van der Waals surface area (Å²) in [5.74, 6) is 2.45. The Morgan fingerprint density at radius 2 is 2.25 bits per heavy atom. The predicted molar refractivity (Wildman–Crippen MR) is 72.1 cm³/mol.